The molecule has 0 aliphatic carbocycles. The van der Waals surface area contributed by atoms with E-state index in [0.29, 0.717) is 0 Å². The summed E-state index contributed by atoms with van der Waals surface area (Å²) in [5, 5.41) is 0. The molecule has 0 saturated heterocycles. The second-order valence-corrected chi connectivity index (χ2v) is 9.58. The van der Waals surface area contributed by atoms with E-state index < -0.39 is 15.9 Å². The summed E-state index contributed by atoms with van der Waals surface area (Å²) < 4.78 is 25.1. The first-order chi connectivity index (χ1) is 17.3. The number of nitrogens with zero attached hydrogens (tertiary/aromatic N) is 2. The fourth-order valence-electron chi connectivity index (χ4n) is 3.47. The van der Waals surface area contributed by atoms with Gasteiger partial charge in [0, 0.05) is 0 Å². The topological polar surface area (TPSA) is 151 Å². The normalized spacial score (nSPS) is 11.2. The Morgan fingerprint density at radius 1 is 0.806 bits per heavy atom. The van der Waals surface area contributed by atoms with Crippen molar-refractivity contribution in [2.45, 2.75) is 17.7 Å². The van der Waals surface area contributed by atoms with Gasteiger partial charge in [-0.2, -0.15) is 0 Å². The van der Waals surface area contributed by atoms with Crippen molar-refractivity contribution in [2.75, 3.05) is 16.6 Å². The molecule has 4 aromatic rings. The molecule has 36 heavy (non-hydrogen) atoms. The minimum Gasteiger partial charge on any atom is -0.393 e. The van der Waals surface area contributed by atoms with Gasteiger partial charge in [-0.1, -0.05) is 78.4 Å². The van der Waals surface area contributed by atoms with Crippen LogP contribution < -0.4 is 26.8 Å². The van der Waals surface area contributed by atoms with Crippen molar-refractivity contribution in [3.63, 3.8) is 0 Å². The first-order valence-corrected chi connectivity index (χ1v) is 12.4. The zero-order chi connectivity index (χ0) is 25.5. The van der Waals surface area contributed by atoms with Gasteiger partial charge in [-0.05, 0) is 30.2 Å². The van der Waals surface area contributed by atoms with E-state index in [1.165, 1.54) is 18.5 Å². The summed E-state index contributed by atoms with van der Waals surface area (Å²) in [5.74, 6) is -0.808. The van der Waals surface area contributed by atoms with Crippen molar-refractivity contribution in [1.82, 2.24) is 20.2 Å². The Morgan fingerprint density at radius 2 is 1.33 bits per heavy atom. The van der Waals surface area contributed by atoms with E-state index in [1.54, 1.807) is 12.1 Å². The molecule has 1 aromatic heterocycles. The molecule has 6 N–H and O–H groups in total. The van der Waals surface area contributed by atoms with E-state index in [1.807, 2.05) is 67.6 Å². The predicted molar refractivity (Wildman–Crippen MR) is 138 cm³/mol. The van der Waals surface area contributed by atoms with Gasteiger partial charge in [-0.15, -0.1) is 4.83 Å². The van der Waals surface area contributed by atoms with Crippen molar-refractivity contribution in [2.24, 2.45) is 0 Å². The summed E-state index contributed by atoms with van der Waals surface area (Å²) in [7, 11) is -3.87. The lowest BCUT2D eigenvalue weighted by molar-refractivity contribution is -0.121. The van der Waals surface area contributed by atoms with Crippen LogP contribution in [0.15, 0.2) is 96.2 Å². The lowest BCUT2D eigenvalue weighted by Gasteiger charge is -2.19. The van der Waals surface area contributed by atoms with Gasteiger partial charge >= 0.3 is 0 Å². The Bertz CT molecular complexity index is 1390. The average molecular weight is 504 g/mol. The molecule has 4 rings (SSSR count). The molecular formula is C25H25N7O3S. The lowest BCUT2D eigenvalue weighted by Crippen LogP contribution is -2.35. The lowest BCUT2D eigenvalue weighted by atomic mass is 9.91. The van der Waals surface area contributed by atoms with Gasteiger partial charge in [0.15, 0.2) is 11.6 Å². The van der Waals surface area contributed by atoms with Crippen molar-refractivity contribution in [3.8, 4) is 0 Å². The first-order valence-electron chi connectivity index (χ1n) is 11.0. The van der Waals surface area contributed by atoms with E-state index in [4.69, 9.17) is 5.73 Å². The molecule has 11 heteroatoms. The number of nitrogens with two attached hydrogens (primary N) is 1. The van der Waals surface area contributed by atoms with E-state index in [9.17, 15) is 13.2 Å². The second-order valence-electron chi connectivity index (χ2n) is 7.90. The van der Waals surface area contributed by atoms with E-state index in [2.05, 4.69) is 31.1 Å². The third kappa shape index (κ3) is 5.77. The highest BCUT2D eigenvalue weighted by Crippen LogP contribution is 2.26. The molecule has 0 spiro atoms. The van der Waals surface area contributed by atoms with Crippen LogP contribution in [0.4, 0.5) is 17.3 Å². The summed E-state index contributed by atoms with van der Waals surface area (Å²) >= 11 is 0. The SMILES string of the molecule is Cc1ccc(S(=O)(=O)NNc2ncnc(NNC(=O)C(c3ccccc3)c3ccccc3)c2N)cc1. The van der Waals surface area contributed by atoms with Crippen molar-refractivity contribution in [1.29, 1.82) is 0 Å². The number of hydrogen-bond acceptors (Lipinski definition) is 8. The molecule has 0 aliphatic heterocycles. The van der Waals surface area contributed by atoms with Crippen molar-refractivity contribution >= 4 is 33.3 Å². The molecular weight excluding hydrogens is 478 g/mol. The molecule has 3 aromatic carbocycles. The predicted octanol–water partition coefficient (Wildman–Crippen LogP) is 2.95. The van der Waals surface area contributed by atoms with Gasteiger partial charge in [0.2, 0.25) is 5.91 Å². The highest BCUT2D eigenvalue weighted by molar-refractivity contribution is 7.89. The van der Waals surface area contributed by atoms with E-state index in [0.717, 1.165) is 16.7 Å². The van der Waals surface area contributed by atoms with Crippen LogP contribution in [0.5, 0.6) is 0 Å². The standard InChI is InChI=1S/C25H25N7O3S/c1-17-12-14-20(15-13-17)36(34,35)32-30-24-22(26)23(27-16-28-24)29-31-25(33)21(18-8-4-2-5-9-18)19-10-6-3-7-11-19/h2-16,21,32H,26H2,1H3,(H,31,33)(H2,27,28,29,30). The molecule has 0 saturated carbocycles. The maximum absolute atomic E-state index is 13.2. The number of benzene rings is 3. The number of nitrogen functional groups attached to an aromatic ring is 1. The summed E-state index contributed by atoms with van der Waals surface area (Å²) in [6.45, 7) is 1.86. The molecule has 0 radical (unpaired) electrons. The van der Waals surface area contributed by atoms with Crippen LogP contribution in [0.25, 0.3) is 0 Å². The van der Waals surface area contributed by atoms with Gasteiger partial charge in [-0.3, -0.25) is 21.1 Å². The maximum Gasteiger partial charge on any atom is 0.257 e. The smallest absolute Gasteiger partial charge is 0.257 e. The molecule has 184 valence electrons. The quantitative estimate of drug-likeness (QED) is 0.219. The van der Waals surface area contributed by atoms with Crippen molar-refractivity contribution < 1.29 is 13.2 Å². The highest BCUT2D eigenvalue weighted by Gasteiger charge is 2.23. The Labute approximate surface area is 209 Å². The van der Waals surface area contributed by atoms with Gasteiger partial charge in [0.25, 0.3) is 10.0 Å². The van der Waals surface area contributed by atoms with Crippen LogP contribution in [0.1, 0.15) is 22.6 Å². The number of sulfonamides is 1. The Hall–Kier alpha value is -4.48. The van der Waals surface area contributed by atoms with Gasteiger partial charge in [0.1, 0.15) is 12.0 Å². The van der Waals surface area contributed by atoms with Gasteiger partial charge < -0.3 is 5.73 Å². The summed E-state index contributed by atoms with van der Waals surface area (Å²) in [6.07, 6.45) is 1.18. The zero-order valence-electron chi connectivity index (χ0n) is 19.3. The minimum absolute atomic E-state index is 0.000350. The molecule has 0 fully saturated rings. The largest absolute Gasteiger partial charge is 0.393 e. The summed E-state index contributed by atoms with van der Waals surface area (Å²) in [4.78, 5) is 23.5. The van der Waals surface area contributed by atoms with Crippen LogP contribution in [0.2, 0.25) is 0 Å². The fourth-order valence-corrected chi connectivity index (χ4v) is 4.31. The average Bonchev–Trinajstić information content (AvgIpc) is 2.89. The van der Waals surface area contributed by atoms with Crippen molar-refractivity contribution in [3.05, 3.63) is 108 Å². The monoisotopic (exact) mass is 503 g/mol. The fraction of sp³-hybridized carbons (Fsp3) is 0.0800. The van der Waals surface area contributed by atoms with Gasteiger partial charge in [0.05, 0.1) is 10.8 Å². The molecule has 0 atom stereocenters. The first kappa shape index (κ1) is 24.6. The number of amides is 1. The number of rotatable bonds is 9. The summed E-state index contributed by atoms with van der Waals surface area (Å²) in [5.41, 5.74) is 16.5. The molecule has 1 heterocycles. The van der Waals surface area contributed by atoms with Crippen LogP contribution in [-0.2, 0) is 14.8 Å². The number of carbonyl (C=O) groups is 1. The number of hydrogen-bond donors (Lipinski definition) is 5. The number of anilines is 3. The molecule has 0 aliphatic rings. The van der Waals surface area contributed by atoms with E-state index >= 15 is 0 Å². The Balaban J connectivity index is 1.47. The number of aromatic nitrogens is 2. The number of carbonyl (C=O) groups excluding carboxylic acids is 1. The molecule has 0 bridgehead atoms. The highest BCUT2D eigenvalue weighted by atomic mass is 32.2. The molecule has 0 unspecified atom stereocenters. The second kappa shape index (κ2) is 10.8. The number of hydrazine groups is 2. The number of aryl methyl sites for hydroxylation is 1. The maximum atomic E-state index is 13.2. The van der Waals surface area contributed by atoms with Crippen LogP contribution in [0, 0.1) is 6.92 Å². The van der Waals surface area contributed by atoms with Crippen LogP contribution >= 0.6 is 0 Å². The summed E-state index contributed by atoms with van der Waals surface area (Å²) in [6, 6.07) is 25.1. The van der Waals surface area contributed by atoms with Gasteiger partial charge in [-0.25, -0.2) is 18.4 Å². The Morgan fingerprint density at radius 3 is 1.89 bits per heavy atom. The number of nitrogens with one attached hydrogen (secondary N) is 4. The molecule has 10 nitrogen and oxygen atoms in total. The third-order valence-electron chi connectivity index (χ3n) is 5.35. The Kier molecular flexibility index (Phi) is 7.42. The minimum atomic E-state index is -3.87. The zero-order valence-corrected chi connectivity index (χ0v) is 20.2. The van der Waals surface area contributed by atoms with E-state index in [-0.39, 0.29) is 28.1 Å². The molecule has 1 amide bonds. The van der Waals surface area contributed by atoms with Crippen LogP contribution in [-0.4, -0.2) is 24.3 Å². The van der Waals surface area contributed by atoms with Crippen LogP contribution in [0.3, 0.4) is 0 Å². The third-order valence-corrected chi connectivity index (χ3v) is 6.61.